The van der Waals surface area contributed by atoms with Gasteiger partial charge in [0.05, 0.1) is 10.5 Å². The molecule has 8 heteroatoms. The lowest BCUT2D eigenvalue weighted by atomic mass is 10.1. The summed E-state index contributed by atoms with van der Waals surface area (Å²) in [4.78, 5) is 0.637. The summed E-state index contributed by atoms with van der Waals surface area (Å²) in [6.45, 7) is 1.98. The summed E-state index contributed by atoms with van der Waals surface area (Å²) in [5.41, 5.74) is -3.15. The van der Waals surface area contributed by atoms with Crippen LogP contribution < -0.4 is 12.6 Å². The smallest absolute Gasteiger partial charge is 0.405 e. The van der Waals surface area contributed by atoms with E-state index in [1.54, 1.807) is 6.07 Å². The van der Waals surface area contributed by atoms with Gasteiger partial charge in [-0.15, -0.1) is 13.2 Å². The fourth-order valence-corrected chi connectivity index (χ4v) is 5.40. The molecule has 0 bridgehead atoms. The van der Waals surface area contributed by atoms with Gasteiger partial charge >= 0.3 is 5.51 Å². The van der Waals surface area contributed by atoms with Crippen molar-refractivity contribution >= 4 is 20.6 Å². The van der Waals surface area contributed by atoms with Gasteiger partial charge in [0.15, 0.2) is 9.58 Å². The normalized spacial score (nSPS) is 16.6. The Morgan fingerprint density at radius 1 is 1.12 bits per heavy atom. The fourth-order valence-electron chi connectivity index (χ4n) is 3.19. The van der Waals surface area contributed by atoms with Crippen molar-refractivity contribution in [2.45, 2.75) is 50.5 Å². The summed E-state index contributed by atoms with van der Waals surface area (Å²) < 4.78 is 66.7. The highest BCUT2D eigenvalue weighted by Gasteiger charge is 2.49. The number of hydrogen-bond acceptors (Lipinski definition) is 3. The predicted octanol–water partition coefficient (Wildman–Crippen LogP) is 2.72. The summed E-state index contributed by atoms with van der Waals surface area (Å²) in [6.07, 6.45) is 4.74. The largest absolute Gasteiger partial charge is 0.600 e. The monoisotopic (exact) mass is 426 g/mol. The van der Waals surface area contributed by atoms with Crippen LogP contribution in [0.15, 0.2) is 24.3 Å². The molecule has 1 unspecified atom stereocenters. The molecule has 134 valence electrons. The molecular weight excluding hydrogens is 409 g/mol. The quantitative estimate of drug-likeness (QED) is 0.693. The van der Waals surface area contributed by atoms with Crippen LogP contribution in [-0.2, 0) is 11.9 Å². The molecule has 1 aromatic carbocycles. The Balaban J connectivity index is 0.000000471. The van der Waals surface area contributed by atoms with Crippen molar-refractivity contribution < 1.29 is 40.6 Å². The highest BCUT2D eigenvalue weighted by molar-refractivity contribution is 7.38. The third kappa shape index (κ3) is 4.70. The molecule has 1 aliphatic rings. The Hall–Kier alpha value is -0.670. The van der Waals surface area contributed by atoms with Gasteiger partial charge in [0.2, 0.25) is 14.8 Å². The lowest BCUT2D eigenvalue weighted by Gasteiger charge is -2.05. The van der Waals surface area contributed by atoms with Gasteiger partial charge in [0.1, 0.15) is 0 Å². The number of hydrogen-bond donors (Lipinski definition) is 0. The van der Waals surface area contributed by atoms with Gasteiger partial charge in [0.25, 0.3) is 0 Å². The molecule has 1 aromatic heterocycles. The van der Waals surface area contributed by atoms with Crippen LogP contribution in [0.25, 0.3) is 10.1 Å². The van der Waals surface area contributed by atoms with Crippen LogP contribution in [0.4, 0.5) is 13.2 Å². The molecule has 1 fully saturated rings. The van der Waals surface area contributed by atoms with Crippen molar-refractivity contribution in [2.75, 3.05) is 0 Å². The molecule has 3 nitrogen and oxygen atoms in total. The SMILES string of the molecule is CCc1ccc2cc(C3CCCC3)[s+](C(F)(F)F)c2c1.[O-][Br+2]([O-])[O-]. The van der Waals surface area contributed by atoms with E-state index in [-0.39, 0.29) is 5.92 Å². The van der Waals surface area contributed by atoms with E-state index in [9.17, 15) is 13.2 Å². The molecule has 3 rings (SSSR count). The Morgan fingerprint density at radius 3 is 2.21 bits per heavy atom. The second kappa shape index (κ2) is 8.14. The van der Waals surface area contributed by atoms with E-state index in [4.69, 9.17) is 12.6 Å². The topological polar surface area (TPSA) is 69.2 Å². The lowest BCUT2D eigenvalue weighted by molar-refractivity contribution is -1.73. The molecule has 2 aromatic rings. The minimum Gasteiger partial charge on any atom is -0.405 e. The molecule has 1 heterocycles. The van der Waals surface area contributed by atoms with Crippen LogP contribution in [0, 0.1) is 14.8 Å². The molecule has 0 N–H and O–H groups in total. The second-order valence-corrected chi connectivity index (χ2v) is 8.47. The molecule has 1 atom stereocenters. The van der Waals surface area contributed by atoms with Gasteiger partial charge in [-0.2, -0.15) is 0 Å². The van der Waals surface area contributed by atoms with E-state index in [1.807, 2.05) is 25.1 Å². The maximum Gasteiger partial charge on any atom is 0.600 e. The summed E-state index contributed by atoms with van der Waals surface area (Å²) in [5.74, 6) is 0.137. The van der Waals surface area contributed by atoms with E-state index >= 15 is 0 Å². The first kappa shape index (κ1) is 19.7. The van der Waals surface area contributed by atoms with E-state index < -0.39 is 30.8 Å². The van der Waals surface area contributed by atoms with Gasteiger partial charge in [0, 0.05) is 23.4 Å². The van der Waals surface area contributed by atoms with Crippen molar-refractivity contribution in [1.29, 1.82) is 0 Å². The molecule has 1 aliphatic carbocycles. The minimum absolute atomic E-state index is 0.137. The molecule has 0 spiro atoms. The zero-order valence-corrected chi connectivity index (χ0v) is 15.5. The Bertz CT molecular complexity index is 676. The molecule has 0 amide bonds. The standard InChI is InChI=1S/C16H18F3S.BrO3/c1-2-11-7-8-13-10-15(12-5-3-4-6-12)20(14(13)9-11)16(17,18)19;2-1(3)4/h7-10,12H,2-6H2,1H3;/q+1;-1. The second-order valence-electron chi connectivity index (χ2n) is 5.69. The lowest BCUT2D eigenvalue weighted by Crippen LogP contribution is -2.42. The van der Waals surface area contributed by atoms with E-state index in [0.29, 0.717) is 9.58 Å². The Kier molecular flexibility index (Phi) is 6.66. The van der Waals surface area contributed by atoms with Crippen LogP contribution in [0.1, 0.15) is 49.0 Å². The third-order valence-electron chi connectivity index (χ3n) is 4.23. The highest BCUT2D eigenvalue weighted by Crippen LogP contribution is 2.55. The molecule has 0 radical (unpaired) electrons. The number of aryl methyl sites for hydroxylation is 1. The number of halogens is 4. The van der Waals surface area contributed by atoms with E-state index in [2.05, 4.69) is 0 Å². The molecule has 1 saturated carbocycles. The van der Waals surface area contributed by atoms with Crippen LogP contribution in [0.5, 0.6) is 0 Å². The van der Waals surface area contributed by atoms with Crippen molar-refractivity contribution in [2.24, 2.45) is 0 Å². The predicted molar refractivity (Wildman–Crippen MR) is 78.3 cm³/mol. The van der Waals surface area contributed by atoms with Crippen molar-refractivity contribution in [3.63, 3.8) is 0 Å². The summed E-state index contributed by atoms with van der Waals surface area (Å²) in [5, 5.41) is 0.782. The molecule has 0 aliphatic heterocycles. The van der Waals surface area contributed by atoms with Crippen molar-refractivity contribution in [1.82, 2.24) is 0 Å². The van der Waals surface area contributed by atoms with Gasteiger partial charge in [-0.25, -0.2) is 0 Å². The fraction of sp³-hybridized carbons (Fsp3) is 0.500. The first-order valence-corrected chi connectivity index (χ1v) is 10.8. The van der Waals surface area contributed by atoms with Crippen LogP contribution >= 0.6 is 10.5 Å². The van der Waals surface area contributed by atoms with Crippen LogP contribution in [-0.4, -0.2) is 0 Å². The first-order valence-electron chi connectivity index (χ1n) is 7.62. The Labute approximate surface area is 146 Å². The van der Waals surface area contributed by atoms with Gasteiger partial charge in [-0.1, -0.05) is 25.8 Å². The summed E-state index contributed by atoms with van der Waals surface area (Å²) >= 11 is -3.65. The summed E-state index contributed by atoms with van der Waals surface area (Å²) in [7, 11) is -1.70. The van der Waals surface area contributed by atoms with Gasteiger partial charge < -0.3 is 12.6 Å². The van der Waals surface area contributed by atoms with E-state index in [1.165, 1.54) is 0 Å². The number of benzene rings is 1. The number of thiophene rings is 1. The maximum absolute atomic E-state index is 13.6. The van der Waals surface area contributed by atoms with Crippen molar-refractivity contribution in [3.05, 3.63) is 34.7 Å². The minimum atomic E-state index is -4.15. The van der Waals surface area contributed by atoms with Crippen molar-refractivity contribution in [3.8, 4) is 0 Å². The average molecular weight is 427 g/mol. The number of alkyl halides is 3. The zero-order chi connectivity index (χ0) is 17.9. The summed E-state index contributed by atoms with van der Waals surface area (Å²) in [6, 6.07) is 7.40. The number of rotatable bonds is 2. The maximum atomic E-state index is 13.6. The van der Waals surface area contributed by atoms with Crippen LogP contribution in [0.2, 0.25) is 0 Å². The van der Waals surface area contributed by atoms with Gasteiger partial charge in [-0.05, 0) is 30.9 Å². The molecule has 24 heavy (non-hydrogen) atoms. The third-order valence-corrected chi connectivity index (χ3v) is 6.41. The number of fused-ring (bicyclic) bond motifs is 1. The molecule has 0 saturated heterocycles. The first-order chi connectivity index (χ1) is 11.2. The molecular formula is C16H18BrF3O3S. The average Bonchev–Trinajstić information content (AvgIpc) is 3.11. The van der Waals surface area contributed by atoms with Gasteiger partial charge in [-0.3, -0.25) is 0 Å². The van der Waals surface area contributed by atoms with Crippen LogP contribution in [0.3, 0.4) is 0 Å². The Morgan fingerprint density at radius 2 is 1.71 bits per heavy atom. The van der Waals surface area contributed by atoms with E-state index in [0.717, 1.165) is 43.1 Å². The highest BCUT2D eigenvalue weighted by atomic mass is 80.0. The zero-order valence-electron chi connectivity index (χ0n) is 13.1.